The quantitative estimate of drug-likeness (QED) is 0.425. The third kappa shape index (κ3) is 7.52. The van der Waals surface area contributed by atoms with Crippen molar-refractivity contribution >= 4 is 5.91 Å². The fraction of sp³-hybridized carbons (Fsp3) is 0.467. The van der Waals surface area contributed by atoms with E-state index in [-0.39, 0.29) is 19.1 Å². The van der Waals surface area contributed by atoms with Gasteiger partial charge in [0.2, 0.25) is 5.91 Å². The molecule has 210 valence electrons. The van der Waals surface area contributed by atoms with E-state index in [0.29, 0.717) is 56.6 Å². The van der Waals surface area contributed by atoms with Gasteiger partial charge in [0, 0.05) is 45.5 Å². The maximum atomic E-state index is 12.3. The number of hydrogen-bond acceptors (Lipinski definition) is 7. The van der Waals surface area contributed by atoms with Crippen LogP contribution in [0.15, 0.2) is 48.8 Å². The number of hydrogen-bond donors (Lipinski definition) is 1. The highest BCUT2D eigenvalue weighted by atomic mass is 16.5. The van der Waals surface area contributed by atoms with Crippen LogP contribution in [0.3, 0.4) is 0 Å². The van der Waals surface area contributed by atoms with Crippen LogP contribution in [0.2, 0.25) is 0 Å². The van der Waals surface area contributed by atoms with Crippen LogP contribution < -0.4 is 14.2 Å². The molecule has 1 aliphatic rings. The van der Waals surface area contributed by atoms with E-state index in [2.05, 4.69) is 16.8 Å². The Morgan fingerprint density at radius 2 is 1.85 bits per heavy atom. The summed E-state index contributed by atoms with van der Waals surface area (Å²) < 4.78 is 19.7. The van der Waals surface area contributed by atoms with Crippen LogP contribution in [-0.4, -0.2) is 82.5 Å². The molecule has 4 rings (SSSR count). The summed E-state index contributed by atoms with van der Waals surface area (Å²) in [6, 6.07) is 11.8. The molecule has 1 atom stereocenters. The second-order valence-corrected chi connectivity index (χ2v) is 10.4. The summed E-state index contributed by atoms with van der Waals surface area (Å²) >= 11 is 0. The van der Waals surface area contributed by atoms with Crippen molar-refractivity contribution in [3.63, 3.8) is 0 Å². The molecule has 1 aromatic heterocycles. The molecule has 1 amide bonds. The first-order valence-corrected chi connectivity index (χ1v) is 13.3. The van der Waals surface area contributed by atoms with Crippen LogP contribution in [-0.2, 0) is 17.9 Å². The van der Waals surface area contributed by atoms with Crippen LogP contribution in [0.1, 0.15) is 29.4 Å². The highest BCUT2D eigenvalue weighted by Gasteiger charge is 2.37. The van der Waals surface area contributed by atoms with Gasteiger partial charge in [0.05, 0.1) is 20.2 Å². The van der Waals surface area contributed by atoms with E-state index in [4.69, 9.17) is 14.2 Å². The topological polar surface area (TPSA) is 89.3 Å². The number of β-amino-alcohol motifs (C(OH)–C–C–N with tert-alkyl or cyclic N) is 1. The first kappa shape index (κ1) is 28.4. The number of aromatic nitrogens is 2. The summed E-state index contributed by atoms with van der Waals surface area (Å²) in [5.41, 5.74) is 2.11. The summed E-state index contributed by atoms with van der Waals surface area (Å²) in [6.07, 6.45) is 3.71. The Morgan fingerprint density at radius 3 is 2.54 bits per heavy atom. The number of carbonyl (C=O) groups excluding carboxylic acids is 1. The molecule has 0 bridgehead atoms. The molecule has 2 aromatic carbocycles. The van der Waals surface area contributed by atoms with Gasteiger partial charge in [0.1, 0.15) is 30.4 Å². The third-order valence-electron chi connectivity index (χ3n) is 7.27. The molecule has 9 nitrogen and oxygen atoms in total. The van der Waals surface area contributed by atoms with Gasteiger partial charge in [-0.3, -0.25) is 9.69 Å². The first-order chi connectivity index (χ1) is 18.7. The van der Waals surface area contributed by atoms with Gasteiger partial charge in [-0.25, -0.2) is 4.98 Å². The number of aryl methyl sites for hydroxylation is 3. The van der Waals surface area contributed by atoms with Crippen LogP contribution in [0.25, 0.3) is 0 Å². The molecule has 0 radical (unpaired) electrons. The molecule has 9 heteroatoms. The number of ether oxygens (including phenoxy) is 3. The van der Waals surface area contributed by atoms with Crippen molar-refractivity contribution in [3.05, 3.63) is 71.3 Å². The number of imidazole rings is 1. The van der Waals surface area contributed by atoms with Crippen molar-refractivity contribution in [2.24, 2.45) is 0 Å². The zero-order valence-corrected chi connectivity index (χ0v) is 23.6. The van der Waals surface area contributed by atoms with E-state index in [0.717, 1.165) is 17.0 Å². The normalized spacial score (nSPS) is 18.1. The number of nitrogens with zero attached hydrogens (tertiary/aromatic N) is 4. The van der Waals surface area contributed by atoms with E-state index in [1.165, 1.54) is 5.56 Å². The van der Waals surface area contributed by atoms with E-state index >= 15 is 0 Å². The van der Waals surface area contributed by atoms with Crippen molar-refractivity contribution < 1.29 is 24.1 Å². The minimum atomic E-state index is -1.23. The predicted molar refractivity (Wildman–Crippen MR) is 149 cm³/mol. The number of aliphatic hydroxyl groups is 1. The standard InChI is InChI=1S/C30H40N4O5/c1-22-6-8-27(16-23(22)2)39-21-30(36)19-32(12-13-34(20-30)25(4)35)18-26-7-9-28(37-5)29(17-26)38-15-14-33-11-10-31-24(33)3/h6-11,16-17,36H,12-15,18-21H2,1-5H3/t30-/m0/s1. The second-order valence-electron chi connectivity index (χ2n) is 10.4. The SMILES string of the molecule is COc1ccc(CN2CCN(C(C)=O)C[C@](O)(COc3ccc(C)c(C)c3)C2)cc1OCCn1ccnc1C. The summed E-state index contributed by atoms with van der Waals surface area (Å²) in [4.78, 5) is 20.4. The number of rotatable bonds is 10. The van der Waals surface area contributed by atoms with E-state index < -0.39 is 5.60 Å². The smallest absolute Gasteiger partial charge is 0.219 e. The van der Waals surface area contributed by atoms with Gasteiger partial charge in [-0.15, -0.1) is 0 Å². The largest absolute Gasteiger partial charge is 0.493 e. The molecule has 0 saturated carbocycles. The summed E-state index contributed by atoms with van der Waals surface area (Å²) in [5, 5.41) is 11.7. The molecular weight excluding hydrogens is 496 g/mol. The zero-order valence-electron chi connectivity index (χ0n) is 23.6. The van der Waals surface area contributed by atoms with E-state index in [1.807, 2.05) is 61.0 Å². The van der Waals surface area contributed by atoms with Gasteiger partial charge in [0.15, 0.2) is 11.5 Å². The predicted octanol–water partition coefficient (Wildman–Crippen LogP) is 3.37. The number of amides is 1. The molecular formula is C30H40N4O5. The molecule has 0 unspecified atom stereocenters. The van der Waals surface area contributed by atoms with Crippen molar-refractivity contribution in [3.8, 4) is 17.2 Å². The average molecular weight is 537 g/mol. The fourth-order valence-electron chi connectivity index (χ4n) is 4.84. The average Bonchev–Trinajstić information content (AvgIpc) is 3.23. The van der Waals surface area contributed by atoms with Gasteiger partial charge < -0.3 is 28.8 Å². The lowest BCUT2D eigenvalue weighted by molar-refractivity contribution is -0.132. The molecule has 39 heavy (non-hydrogen) atoms. The second kappa shape index (κ2) is 12.5. The minimum absolute atomic E-state index is 0.0604. The summed E-state index contributed by atoms with van der Waals surface area (Å²) in [7, 11) is 1.63. The van der Waals surface area contributed by atoms with Gasteiger partial charge >= 0.3 is 0 Å². The fourth-order valence-corrected chi connectivity index (χ4v) is 4.84. The Balaban J connectivity index is 1.45. The molecule has 0 aliphatic carbocycles. The van der Waals surface area contributed by atoms with Crippen LogP contribution >= 0.6 is 0 Å². The summed E-state index contributed by atoms with van der Waals surface area (Å²) in [5.74, 6) is 2.92. The molecule has 2 heterocycles. The van der Waals surface area contributed by atoms with Crippen molar-refractivity contribution in [1.29, 1.82) is 0 Å². The van der Waals surface area contributed by atoms with Gasteiger partial charge in [0.25, 0.3) is 0 Å². The minimum Gasteiger partial charge on any atom is -0.493 e. The first-order valence-electron chi connectivity index (χ1n) is 13.3. The molecule has 0 spiro atoms. The van der Waals surface area contributed by atoms with Crippen LogP contribution in [0, 0.1) is 20.8 Å². The maximum Gasteiger partial charge on any atom is 0.219 e. The van der Waals surface area contributed by atoms with Crippen molar-refractivity contribution in [1.82, 2.24) is 19.4 Å². The molecule has 1 saturated heterocycles. The Hall–Kier alpha value is -3.56. The lowest BCUT2D eigenvalue weighted by Crippen LogP contribution is -2.51. The number of benzene rings is 2. The Morgan fingerprint density at radius 1 is 1.03 bits per heavy atom. The zero-order chi connectivity index (χ0) is 28.0. The highest BCUT2D eigenvalue weighted by molar-refractivity contribution is 5.73. The van der Waals surface area contributed by atoms with Gasteiger partial charge in [-0.2, -0.15) is 0 Å². The molecule has 1 aliphatic heterocycles. The highest BCUT2D eigenvalue weighted by Crippen LogP contribution is 2.29. The van der Waals surface area contributed by atoms with Gasteiger partial charge in [-0.05, 0) is 61.7 Å². The van der Waals surface area contributed by atoms with E-state index in [1.54, 1.807) is 25.1 Å². The maximum absolute atomic E-state index is 12.3. The Bertz CT molecular complexity index is 1280. The number of methoxy groups -OCH3 is 1. The Labute approximate surface area is 230 Å². The van der Waals surface area contributed by atoms with Crippen molar-refractivity contribution in [2.45, 2.75) is 46.4 Å². The monoisotopic (exact) mass is 536 g/mol. The lowest BCUT2D eigenvalue weighted by Gasteiger charge is -2.33. The number of carbonyl (C=O) groups is 1. The van der Waals surface area contributed by atoms with Crippen LogP contribution in [0.4, 0.5) is 0 Å². The molecule has 3 aromatic rings. The lowest BCUT2D eigenvalue weighted by atomic mass is 10.0. The summed E-state index contributed by atoms with van der Waals surface area (Å²) in [6.45, 7) is 11.2. The van der Waals surface area contributed by atoms with Crippen molar-refractivity contribution in [2.75, 3.05) is 46.5 Å². The Kier molecular flexibility index (Phi) is 9.14. The third-order valence-corrected chi connectivity index (χ3v) is 7.27. The van der Waals surface area contributed by atoms with E-state index in [9.17, 15) is 9.90 Å². The molecule has 1 N–H and O–H groups in total. The van der Waals surface area contributed by atoms with Gasteiger partial charge in [-0.1, -0.05) is 12.1 Å². The van der Waals surface area contributed by atoms with Crippen LogP contribution in [0.5, 0.6) is 17.2 Å². The molecule has 1 fully saturated rings.